The lowest BCUT2D eigenvalue weighted by Crippen LogP contribution is -2.49. The lowest BCUT2D eigenvalue weighted by atomic mass is 9.98. The molecule has 0 saturated heterocycles. The number of carbonyl (C=O) groups excluding carboxylic acids is 1. The summed E-state index contributed by atoms with van der Waals surface area (Å²) in [5.74, 6) is -0.431. The van der Waals surface area contributed by atoms with E-state index in [1.54, 1.807) is 19.2 Å². The Labute approximate surface area is 116 Å². The average Bonchev–Trinajstić information content (AvgIpc) is 2.85. The molecule has 1 saturated carbocycles. The highest BCUT2D eigenvalue weighted by atomic mass is 32.2. The Morgan fingerprint density at radius 2 is 2.26 bits per heavy atom. The molecule has 1 aliphatic carbocycles. The van der Waals surface area contributed by atoms with Gasteiger partial charge in [0.15, 0.2) is 0 Å². The van der Waals surface area contributed by atoms with Crippen LogP contribution in [-0.4, -0.2) is 30.9 Å². The third kappa shape index (κ3) is 2.92. The van der Waals surface area contributed by atoms with Gasteiger partial charge in [-0.15, -0.1) is 11.8 Å². The van der Waals surface area contributed by atoms with Crippen LogP contribution in [0.3, 0.4) is 0 Å². The van der Waals surface area contributed by atoms with Crippen molar-refractivity contribution in [1.29, 1.82) is 0 Å². The van der Waals surface area contributed by atoms with Crippen LogP contribution < -0.4 is 5.32 Å². The summed E-state index contributed by atoms with van der Waals surface area (Å²) in [6.45, 7) is 0. The minimum atomic E-state index is -0.613. The Morgan fingerprint density at radius 3 is 2.89 bits per heavy atom. The van der Waals surface area contributed by atoms with E-state index in [0.29, 0.717) is 11.3 Å². The summed E-state index contributed by atoms with van der Waals surface area (Å²) in [5.41, 5.74) is -0.613. The minimum absolute atomic E-state index is 0.201. The molecule has 0 amide bonds. The van der Waals surface area contributed by atoms with Gasteiger partial charge >= 0.3 is 5.97 Å². The normalized spacial score (nSPS) is 26.4. The summed E-state index contributed by atoms with van der Waals surface area (Å²) >= 11 is 1.50. The number of ether oxygens (including phenoxy) is 1. The van der Waals surface area contributed by atoms with E-state index in [0.717, 1.165) is 12.8 Å². The largest absolute Gasteiger partial charge is 0.468 e. The quantitative estimate of drug-likeness (QED) is 0.862. The number of likely N-dealkylation sites (N-methyl/N-ethyl adjacent to an activating group) is 1. The Kier molecular flexibility index (Phi) is 4.47. The maximum absolute atomic E-state index is 13.6. The fourth-order valence-electron chi connectivity index (χ4n) is 2.53. The van der Waals surface area contributed by atoms with Gasteiger partial charge in [0.25, 0.3) is 0 Å². The van der Waals surface area contributed by atoms with E-state index in [2.05, 4.69) is 5.32 Å². The first kappa shape index (κ1) is 14.3. The molecule has 0 heterocycles. The molecule has 1 aromatic carbocycles. The van der Waals surface area contributed by atoms with Crippen molar-refractivity contribution in [2.45, 2.75) is 34.9 Å². The highest BCUT2D eigenvalue weighted by Gasteiger charge is 2.45. The molecular weight excluding hydrogens is 265 g/mol. The van der Waals surface area contributed by atoms with Crippen LogP contribution in [0.1, 0.15) is 19.3 Å². The molecule has 5 heteroatoms. The van der Waals surface area contributed by atoms with Gasteiger partial charge in [-0.05, 0) is 38.4 Å². The molecule has 19 heavy (non-hydrogen) atoms. The summed E-state index contributed by atoms with van der Waals surface area (Å²) in [5, 5.41) is 3.30. The molecule has 2 unspecified atom stereocenters. The second-order valence-electron chi connectivity index (χ2n) is 4.74. The molecule has 0 bridgehead atoms. The Bertz CT molecular complexity index is 469. The van der Waals surface area contributed by atoms with Crippen LogP contribution >= 0.6 is 11.8 Å². The number of rotatable bonds is 4. The van der Waals surface area contributed by atoms with E-state index >= 15 is 0 Å². The van der Waals surface area contributed by atoms with Crippen LogP contribution in [0.15, 0.2) is 29.2 Å². The van der Waals surface area contributed by atoms with E-state index in [1.807, 2.05) is 6.07 Å². The first-order valence-electron chi connectivity index (χ1n) is 6.30. The zero-order valence-electron chi connectivity index (χ0n) is 11.1. The molecule has 0 spiro atoms. The van der Waals surface area contributed by atoms with Gasteiger partial charge in [0, 0.05) is 10.1 Å². The van der Waals surface area contributed by atoms with Gasteiger partial charge in [0.2, 0.25) is 0 Å². The molecule has 0 aromatic heterocycles. The van der Waals surface area contributed by atoms with Crippen molar-refractivity contribution in [2.24, 2.45) is 0 Å². The Hall–Kier alpha value is -1.07. The fourth-order valence-corrected chi connectivity index (χ4v) is 3.83. The van der Waals surface area contributed by atoms with Crippen molar-refractivity contribution >= 4 is 17.7 Å². The number of hydrogen-bond acceptors (Lipinski definition) is 4. The average molecular weight is 283 g/mol. The zero-order chi connectivity index (χ0) is 13.9. The number of esters is 1. The van der Waals surface area contributed by atoms with E-state index in [-0.39, 0.29) is 17.0 Å². The third-order valence-corrected chi connectivity index (χ3v) is 4.97. The van der Waals surface area contributed by atoms with Crippen molar-refractivity contribution < 1.29 is 13.9 Å². The van der Waals surface area contributed by atoms with Crippen LogP contribution in [0.4, 0.5) is 4.39 Å². The van der Waals surface area contributed by atoms with Crippen LogP contribution in [0.25, 0.3) is 0 Å². The second-order valence-corrected chi connectivity index (χ2v) is 6.08. The molecule has 0 aliphatic heterocycles. The molecule has 1 N–H and O–H groups in total. The molecule has 3 nitrogen and oxygen atoms in total. The van der Waals surface area contributed by atoms with E-state index in [9.17, 15) is 9.18 Å². The van der Waals surface area contributed by atoms with Crippen molar-refractivity contribution in [2.75, 3.05) is 14.2 Å². The molecule has 2 rings (SSSR count). The van der Waals surface area contributed by atoms with Crippen LogP contribution in [0.5, 0.6) is 0 Å². The van der Waals surface area contributed by atoms with Gasteiger partial charge < -0.3 is 10.1 Å². The van der Waals surface area contributed by atoms with Gasteiger partial charge in [0.1, 0.15) is 11.4 Å². The van der Waals surface area contributed by atoms with Gasteiger partial charge in [-0.3, -0.25) is 4.79 Å². The smallest absolute Gasteiger partial charge is 0.326 e. The van der Waals surface area contributed by atoms with E-state index in [4.69, 9.17) is 4.74 Å². The number of thioether (sulfide) groups is 1. The molecule has 1 fully saturated rings. The van der Waals surface area contributed by atoms with Crippen LogP contribution in [0.2, 0.25) is 0 Å². The van der Waals surface area contributed by atoms with E-state index < -0.39 is 5.54 Å². The SMILES string of the molecule is CNC1(C(=O)OC)CCC(Sc2ccccc2F)C1. The molecule has 1 aromatic rings. The van der Waals surface area contributed by atoms with Crippen molar-refractivity contribution in [3.63, 3.8) is 0 Å². The van der Waals surface area contributed by atoms with Crippen molar-refractivity contribution in [3.05, 3.63) is 30.1 Å². The number of benzene rings is 1. The molecular formula is C14H18FNO2S. The lowest BCUT2D eigenvalue weighted by Gasteiger charge is -2.25. The van der Waals surface area contributed by atoms with Crippen molar-refractivity contribution in [1.82, 2.24) is 5.32 Å². The molecule has 1 aliphatic rings. The first-order chi connectivity index (χ1) is 9.11. The third-order valence-electron chi connectivity index (χ3n) is 3.65. The summed E-state index contributed by atoms with van der Waals surface area (Å²) in [4.78, 5) is 12.5. The second kappa shape index (κ2) is 5.92. The summed E-state index contributed by atoms with van der Waals surface area (Å²) in [7, 11) is 3.17. The predicted molar refractivity (Wildman–Crippen MR) is 73.7 cm³/mol. The maximum atomic E-state index is 13.6. The lowest BCUT2D eigenvalue weighted by molar-refractivity contribution is -0.148. The van der Waals surface area contributed by atoms with Crippen molar-refractivity contribution in [3.8, 4) is 0 Å². The predicted octanol–water partition coefficient (Wildman–Crippen LogP) is 2.60. The van der Waals surface area contributed by atoms with Gasteiger partial charge in [-0.1, -0.05) is 12.1 Å². The Balaban J connectivity index is 2.06. The highest BCUT2D eigenvalue weighted by Crippen LogP contribution is 2.41. The first-order valence-corrected chi connectivity index (χ1v) is 7.18. The maximum Gasteiger partial charge on any atom is 0.326 e. The number of hydrogen-bond donors (Lipinski definition) is 1. The Morgan fingerprint density at radius 1 is 1.53 bits per heavy atom. The van der Waals surface area contributed by atoms with E-state index in [1.165, 1.54) is 24.9 Å². The fraction of sp³-hybridized carbons (Fsp3) is 0.500. The summed E-state index contributed by atoms with van der Waals surface area (Å²) < 4.78 is 18.5. The van der Waals surface area contributed by atoms with Crippen LogP contribution in [-0.2, 0) is 9.53 Å². The number of methoxy groups -OCH3 is 1. The summed E-state index contributed by atoms with van der Waals surface area (Å²) in [6, 6.07) is 6.74. The topological polar surface area (TPSA) is 38.3 Å². The zero-order valence-corrected chi connectivity index (χ0v) is 11.9. The monoisotopic (exact) mass is 283 g/mol. The number of nitrogens with one attached hydrogen (secondary N) is 1. The molecule has 104 valence electrons. The van der Waals surface area contributed by atoms with Gasteiger partial charge in [-0.25, -0.2) is 4.39 Å². The number of carbonyl (C=O) groups is 1. The molecule has 0 radical (unpaired) electrons. The standard InChI is InChI=1S/C14H18FNO2S/c1-16-14(13(17)18-2)8-7-10(9-14)19-12-6-4-3-5-11(12)15/h3-6,10,16H,7-9H2,1-2H3. The van der Waals surface area contributed by atoms with Crippen LogP contribution in [0, 0.1) is 5.82 Å². The highest BCUT2D eigenvalue weighted by molar-refractivity contribution is 8.00. The number of halogens is 1. The van der Waals surface area contributed by atoms with Gasteiger partial charge in [-0.2, -0.15) is 0 Å². The van der Waals surface area contributed by atoms with Gasteiger partial charge in [0.05, 0.1) is 7.11 Å². The molecule has 2 atom stereocenters. The minimum Gasteiger partial charge on any atom is -0.468 e. The summed E-state index contributed by atoms with van der Waals surface area (Å²) in [6.07, 6.45) is 2.26.